The fraction of sp³-hybridized carbons (Fsp3) is 0.263. The van der Waals surface area contributed by atoms with E-state index in [9.17, 15) is 8.42 Å². The number of thioether (sulfide) groups is 1. The third kappa shape index (κ3) is 4.10. The molecule has 26 heavy (non-hydrogen) atoms. The fourth-order valence-electron chi connectivity index (χ4n) is 2.68. The van der Waals surface area contributed by atoms with Crippen LogP contribution in [0.2, 0.25) is 5.02 Å². The molecule has 0 aliphatic carbocycles. The van der Waals surface area contributed by atoms with Gasteiger partial charge in [-0.05, 0) is 55.1 Å². The van der Waals surface area contributed by atoms with Gasteiger partial charge in [0.2, 0.25) is 0 Å². The SMILES string of the molecule is Cc1cccc(SCCN(C)S(=O)(=O)c2sc3ccc(Cl)cc3c2C)c1. The van der Waals surface area contributed by atoms with Gasteiger partial charge in [0.25, 0.3) is 10.0 Å². The van der Waals surface area contributed by atoms with E-state index in [1.54, 1.807) is 24.9 Å². The van der Waals surface area contributed by atoms with Crippen LogP contribution in [-0.2, 0) is 10.0 Å². The van der Waals surface area contributed by atoms with Crippen LogP contribution in [-0.4, -0.2) is 32.1 Å². The summed E-state index contributed by atoms with van der Waals surface area (Å²) in [4.78, 5) is 1.16. The molecule has 3 rings (SSSR count). The van der Waals surface area contributed by atoms with Crippen LogP contribution >= 0.6 is 34.7 Å². The van der Waals surface area contributed by atoms with Crippen molar-refractivity contribution >= 4 is 54.8 Å². The Balaban J connectivity index is 1.76. The molecule has 2 aromatic carbocycles. The van der Waals surface area contributed by atoms with Crippen LogP contribution in [0, 0.1) is 13.8 Å². The van der Waals surface area contributed by atoms with Gasteiger partial charge in [-0.25, -0.2) is 8.42 Å². The summed E-state index contributed by atoms with van der Waals surface area (Å²) in [7, 11) is -1.87. The zero-order valence-electron chi connectivity index (χ0n) is 14.8. The summed E-state index contributed by atoms with van der Waals surface area (Å²) >= 11 is 9.03. The molecule has 7 heteroatoms. The van der Waals surface area contributed by atoms with Gasteiger partial charge in [-0.1, -0.05) is 29.3 Å². The van der Waals surface area contributed by atoms with Crippen LogP contribution in [0.1, 0.15) is 11.1 Å². The van der Waals surface area contributed by atoms with Crippen LogP contribution in [0.3, 0.4) is 0 Å². The van der Waals surface area contributed by atoms with Crippen molar-refractivity contribution in [1.82, 2.24) is 4.31 Å². The lowest BCUT2D eigenvalue weighted by atomic mass is 10.2. The minimum atomic E-state index is -3.51. The first-order valence-corrected chi connectivity index (χ1v) is 11.8. The molecule has 0 radical (unpaired) electrons. The molecule has 0 saturated heterocycles. The Morgan fingerprint density at radius 1 is 1.15 bits per heavy atom. The third-order valence-electron chi connectivity index (χ3n) is 4.16. The molecule has 0 spiro atoms. The van der Waals surface area contributed by atoms with Crippen LogP contribution in [0.25, 0.3) is 10.1 Å². The number of hydrogen-bond acceptors (Lipinski definition) is 4. The lowest BCUT2D eigenvalue weighted by molar-refractivity contribution is 0.490. The van der Waals surface area contributed by atoms with E-state index in [-0.39, 0.29) is 0 Å². The summed E-state index contributed by atoms with van der Waals surface area (Å²) < 4.78 is 28.8. The summed E-state index contributed by atoms with van der Waals surface area (Å²) in [6.07, 6.45) is 0. The summed E-state index contributed by atoms with van der Waals surface area (Å²) in [6, 6.07) is 13.7. The lowest BCUT2D eigenvalue weighted by Crippen LogP contribution is -2.28. The number of benzene rings is 2. The Bertz CT molecular complexity index is 1040. The van der Waals surface area contributed by atoms with Gasteiger partial charge in [0, 0.05) is 34.0 Å². The van der Waals surface area contributed by atoms with E-state index in [4.69, 9.17) is 11.6 Å². The summed E-state index contributed by atoms with van der Waals surface area (Å²) in [5.41, 5.74) is 1.97. The van der Waals surface area contributed by atoms with Gasteiger partial charge >= 0.3 is 0 Å². The van der Waals surface area contributed by atoms with E-state index in [2.05, 4.69) is 19.1 Å². The van der Waals surface area contributed by atoms with E-state index < -0.39 is 10.0 Å². The molecule has 0 saturated carbocycles. The van der Waals surface area contributed by atoms with Crippen molar-refractivity contribution in [2.24, 2.45) is 0 Å². The van der Waals surface area contributed by atoms with Crippen molar-refractivity contribution in [3.63, 3.8) is 0 Å². The second-order valence-corrected chi connectivity index (χ2v) is 11.0. The van der Waals surface area contributed by atoms with Gasteiger partial charge in [0.05, 0.1) is 0 Å². The standard InChI is InChI=1S/C19H20ClNO2S3/c1-13-5-4-6-16(11-13)24-10-9-21(3)26(22,23)19-14(2)17-12-15(20)7-8-18(17)25-19/h4-8,11-12H,9-10H2,1-3H3. The van der Waals surface area contributed by atoms with Crippen molar-refractivity contribution in [3.8, 4) is 0 Å². The second kappa shape index (κ2) is 7.90. The zero-order chi connectivity index (χ0) is 18.9. The summed E-state index contributed by atoms with van der Waals surface area (Å²) in [5, 5.41) is 1.52. The average molecular weight is 426 g/mol. The van der Waals surface area contributed by atoms with Crippen LogP contribution in [0.15, 0.2) is 51.6 Å². The summed E-state index contributed by atoms with van der Waals surface area (Å²) in [5.74, 6) is 0.703. The Kier molecular flexibility index (Phi) is 5.99. The zero-order valence-corrected chi connectivity index (χ0v) is 18.0. The number of rotatable bonds is 6. The highest BCUT2D eigenvalue weighted by Gasteiger charge is 2.26. The van der Waals surface area contributed by atoms with Crippen molar-refractivity contribution in [3.05, 3.63) is 58.6 Å². The predicted molar refractivity (Wildman–Crippen MR) is 113 cm³/mol. The number of halogens is 1. The average Bonchev–Trinajstić information content (AvgIpc) is 2.92. The maximum atomic E-state index is 13.0. The molecule has 0 unspecified atom stereocenters. The molecule has 0 aliphatic rings. The van der Waals surface area contributed by atoms with Crippen molar-refractivity contribution < 1.29 is 8.42 Å². The molecule has 3 aromatic rings. The van der Waals surface area contributed by atoms with Crippen molar-refractivity contribution in [2.75, 3.05) is 19.3 Å². The summed E-state index contributed by atoms with van der Waals surface area (Å²) in [6.45, 7) is 4.35. The van der Waals surface area contributed by atoms with E-state index >= 15 is 0 Å². The highest BCUT2D eigenvalue weighted by atomic mass is 35.5. The minimum absolute atomic E-state index is 0.401. The molecule has 1 aromatic heterocycles. The van der Waals surface area contributed by atoms with E-state index in [0.717, 1.165) is 20.5 Å². The highest BCUT2D eigenvalue weighted by molar-refractivity contribution is 7.99. The Morgan fingerprint density at radius 3 is 2.65 bits per heavy atom. The predicted octanol–water partition coefficient (Wildman–Crippen LogP) is 5.58. The van der Waals surface area contributed by atoms with Gasteiger partial charge < -0.3 is 0 Å². The van der Waals surface area contributed by atoms with Gasteiger partial charge in [0.15, 0.2) is 0 Å². The van der Waals surface area contributed by atoms with Crippen molar-refractivity contribution in [1.29, 1.82) is 0 Å². The maximum absolute atomic E-state index is 13.0. The topological polar surface area (TPSA) is 37.4 Å². The molecule has 3 nitrogen and oxygen atoms in total. The first kappa shape index (κ1) is 19.7. The molecule has 0 fully saturated rings. The molecule has 0 N–H and O–H groups in total. The molecule has 0 bridgehead atoms. The van der Waals surface area contributed by atoms with Crippen LogP contribution in [0.4, 0.5) is 0 Å². The molecule has 138 valence electrons. The molecular formula is C19H20ClNO2S3. The fourth-order valence-corrected chi connectivity index (χ4v) is 7.11. The molecule has 1 heterocycles. The third-order valence-corrected chi connectivity index (χ3v) is 9.10. The van der Waals surface area contributed by atoms with Crippen LogP contribution < -0.4 is 0 Å². The normalized spacial score (nSPS) is 12.2. The smallest absolute Gasteiger partial charge is 0.206 e. The quantitative estimate of drug-likeness (QED) is 0.483. The number of nitrogens with zero attached hydrogens (tertiary/aromatic N) is 1. The number of hydrogen-bond donors (Lipinski definition) is 0. The van der Waals surface area contributed by atoms with Gasteiger partial charge in [-0.2, -0.15) is 4.31 Å². The van der Waals surface area contributed by atoms with Gasteiger partial charge in [-0.15, -0.1) is 23.1 Å². The number of sulfonamides is 1. The first-order valence-electron chi connectivity index (χ1n) is 8.13. The van der Waals surface area contributed by atoms with E-state index in [0.29, 0.717) is 21.5 Å². The number of aryl methyl sites for hydroxylation is 2. The van der Waals surface area contributed by atoms with E-state index in [1.807, 2.05) is 31.2 Å². The minimum Gasteiger partial charge on any atom is -0.206 e. The number of fused-ring (bicyclic) bond motifs is 1. The molecular weight excluding hydrogens is 406 g/mol. The highest BCUT2D eigenvalue weighted by Crippen LogP contribution is 2.36. The Hall–Kier alpha value is -1.05. The lowest BCUT2D eigenvalue weighted by Gasteiger charge is -2.16. The Labute approximate surface area is 168 Å². The second-order valence-electron chi connectivity index (χ2n) is 6.15. The maximum Gasteiger partial charge on any atom is 0.252 e. The number of thiophene rings is 1. The van der Waals surface area contributed by atoms with Crippen molar-refractivity contribution in [2.45, 2.75) is 23.0 Å². The largest absolute Gasteiger partial charge is 0.252 e. The molecule has 0 amide bonds. The van der Waals surface area contributed by atoms with E-state index in [1.165, 1.54) is 21.2 Å². The molecule has 0 atom stereocenters. The van der Waals surface area contributed by atoms with Crippen LogP contribution in [0.5, 0.6) is 0 Å². The molecule has 0 aliphatic heterocycles. The van der Waals surface area contributed by atoms with Gasteiger partial charge in [-0.3, -0.25) is 0 Å². The Morgan fingerprint density at radius 2 is 1.92 bits per heavy atom. The first-order chi connectivity index (χ1) is 12.3. The monoisotopic (exact) mass is 425 g/mol. The van der Waals surface area contributed by atoms with Gasteiger partial charge in [0.1, 0.15) is 4.21 Å².